The summed E-state index contributed by atoms with van der Waals surface area (Å²) >= 11 is 0. The zero-order valence-corrected chi connectivity index (χ0v) is 14.6. The Morgan fingerprint density at radius 3 is 2.52 bits per heavy atom. The Bertz CT molecular complexity index is 1010. The van der Waals surface area contributed by atoms with E-state index in [1.165, 1.54) is 36.4 Å². The molecule has 142 valence electrons. The molecule has 0 bridgehead atoms. The number of carboxylic acids is 1. The molecule has 0 fully saturated rings. The summed E-state index contributed by atoms with van der Waals surface area (Å²) in [7, 11) is -4.33. The summed E-state index contributed by atoms with van der Waals surface area (Å²) in [5.41, 5.74) is -0.498. The van der Waals surface area contributed by atoms with E-state index in [9.17, 15) is 23.3 Å². The monoisotopic (exact) mass is 394 g/mol. The van der Waals surface area contributed by atoms with E-state index in [0.717, 1.165) is 6.07 Å². The molecule has 0 spiro atoms. The molecule has 0 amide bonds. The number of sulfonamides is 1. The average Bonchev–Trinajstić information content (AvgIpc) is 2.65. The first-order valence-corrected chi connectivity index (χ1v) is 9.11. The topological polar surface area (TPSA) is 136 Å². The van der Waals surface area contributed by atoms with Crippen LogP contribution in [0.5, 0.6) is 11.5 Å². The van der Waals surface area contributed by atoms with E-state index < -0.39 is 27.5 Å². The van der Waals surface area contributed by atoms with Gasteiger partial charge in [-0.3, -0.25) is 19.2 Å². The molecule has 0 atom stereocenters. The standard InChI is InChI=1S/C16H14N2O8S/c19-16(20)10-17(11-2-1-3-12(8-11)18(21)22)27(23,24)13-4-5-14-15(9-13)26-7-6-25-14/h1-5,8-9H,6-7,10H2,(H,19,20). The lowest BCUT2D eigenvalue weighted by atomic mass is 10.3. The number of nitro groups is 1. The Morgan fingerprint density at radius 1 is 1.15 bits per heavy atom. The van der Waals surface area contributed by atoms with E-state index in [1.54, 1.807) is 0 Å². The fourth-order valence-electron chi connectivity index (χ4n) is 2.51. The van der Waals surface area contributed by atoms with Crippen LogP contribution in [0.2, 0.25) is 0 Å². The van der Waals surface area contributed by atoms with E-state index in [0.29, 0.717) is 16.7 Å². The van der Waals surface area contributed by atoms with Gasteiger partial charge in [0.25, 0.3) is 15.7 Å². The third-order valence-corrected chi connectivity index (χ3v) is 5.48. The first-order valence-electron chi connectivity index (χ1n) is 7.67. The van der Waals surface area contributed by atoms with Crippen molar-refractivity contribution in [3.05, 3.63) is 52.6 Å². The van der Waals surface area contributed by atoms with E-state index >= 15 is 0 Å². The zero-order valence-electron chi connectivity index (χ0n) is 13.8. The van der Waals surface area contributed by atoms with Crippen LogP contribution in [0.1, 0.15) is 0 Å². The van der Waals surface area contributed by atoms with E-state index in [-0.39, 0.29) is 28.6 Å². The molecule has 3 rings (SSSR count). The van der Waals surface area contributed by atoms with Gasteiger partial charge >= 0.3 is 5.97 Å². The number of carbonyl (C=O) groups is 1. The maximum atomic E-state index is 13.0. The van der Waals surface area contributed by atoms with Gasteiger partial charge in [0.2, 0.25) is 0 Å². The summed E-state index contributed by atoms with van der Waals surface area (Å²) in [6, 6.07) is 8.64. The van der Waals surface area contributed by atoms with Crippen molar-refractivity contribution in [1.82, 2.24) is 0 Å². The third kappa shape index (κ3) is 3.77. The second-order valence-corrected chi connectivity index (χ2v) is 7.35. The van der Waals surface area contributed by atoms with Gasteiger partial charge in [-0.05, 0) is 18.2 Å². The molecule has 1 heterocycles. The molecule has 2 aromatic rings. The number of nitro benzene ring substituents is 1. The van der Waals surface area contributed by atoms with E-state index in [4.69, 9.17) is 14.6 Å². The van der Waals surface area contributed by atoms with Crippen LogP contribution in [0.15, 0.2) is 47.4 Å². The van der Waals surface area contributed by atoms with Crippen LogP contribution in [0, 0.1) is 10.1 Å². The molecule has 1 aliphatic heterocycles. The number of hydrogen-bond donors (Lipinski definition) is 1. The molecule has 10 nitrogen and oxygen atoms in total. The molecule has 0 saturated heterocycles. The average molecular weight is 394 g/mol. The number of rotatable bonds is 6. The molecular formula is C16H14N2O8S. The second kappa shape index (κ2) is 7.11. The highest BCUT2D eigenvalue weighted by atomic mass is 32.2. The first-order chi connectivity index (χ1) is 12.8. The van der Waals surface area contributed by atoms with Gasteiger partial charge in [0, 0.05) is 18.2 Å². The second-order valence-electron chi connectivity index (χ2n) is 5.49. The number of non-ortho nitro benzene ring substituents is 1. The summed E-state index contributed by atoms with van der Waals surface area (Å²) < 4.78 is 37.4. The van der Waals surface area contributed by atoms with Crippen molar-refractivity contribution in [3.63, 3.8) is 0 Å². The van der Waals surface area contributed by atoms with Gasteiger partial charge in [-0.25, -0.2) is 8.42 Å². The summed E-state index contributed by atoms with van der Waals surface area (Å²) in [5.74, 6) is -0.820. The van der Waals surface area contributed by atoms with Gasteiger partial charge in [-0.15, -0.1) is 0 Å². The minimum atomic E-state index is -4.33. The van der Waals surface area contributed by atoms with Crippen LogP contribution in [0.25, 0.3) is 0 Å². The van der Waals surface area contributed by atoms with Crippen molar-refractivity contribution >= 4 is 27.4 Å². The molecule has 0 aromatic heterocycles. The molecule has 11 heteroatoms. The smallest absolute Gasteiger partial charge is 0.324 e. The van der Waals surface area contributed by atoms with Crippen LogP contribution >= 0.6 is 0 Å². The third-order valence-electron chi connectivity index (χ3n) is 3.71. The SMILES string of the molecule is O=C(O)CN(c1cccc([N+](=O)[O-])c1)S(=O)(=O)c1ccc2c(c1)OCCO2. The van der Waals surface area contributed by atoms with Crippen LogP contribution in [-0.4, -0.2) is 44.2 Å². The highest BCUT2D eigenvalue weighted by Gasteiger charge is 2.29. The molecule has 1 N–H and O–H groups in total. The Kier molecular flexibility index (Phi) is 4.86. The number of carboxylic acid groups (broad SMARTS) is 1. The summed E-state index contributed by atoms with van der Waals surface area (Å²) in [4.78, 5) is 21.3. The molecule has 0 unspecified atom stereocenters. The maximum absolute atomic E-state index is 13.0. The lowest BCUT2D eigenvalue weighted by Gasteiger charge is -2.24. The Hall–Kier alpha value is -3.34. The van der Waals surface area contributed by atoms with Crippen molar-refractivity contribution in [2.75, 3.05) is 24.1 Å². The molecule has 2 aromatic carbocycles. The Balaban J connectivity index is 2.07. The van der Waals surface area contributed by atoms with Crippen LogP contribution in [-0.2, 0) is 14.8 Å². The van der Waals surface area contributed by atoms with Gasteiger partial charge < -0.3 is 14.6 Å². The molecular weight excluding hydrogens is 380 g/mol. The number of nitrogens with zero attached hydrogens (tertiary/aromatic N) is 2. The maximum Gasteiger partial charge on any atom is 0.324 e. The molecule has 0 radical (unpaired) electrons. The minimum absolute atomic E-state index is 0.138. The fourth-order valence-corrected chi connectivity index (χ4v) is 3.93. The predicted octanol–water partition coefficient (Wildman–Crippen LogP) is 1.65. The number of fused-ring (bicyclic) bond motifs is 1. The highest BCUT2D eigenvalue weighted by molar-refractivity contribution is 7.92. The normalized spacial score (nSPS) is 13.0. The van der Waals surface area contributed by atoms with Crippen molar-refractivity contribution < 1.29 is 32.7 Å². The van der Waals surface area contributed by atoms with Crippen LogP contribution < -0.4 is 13.8 Å². The van der Waals surface area contributed by atoms with Crippen molar-refractivity contribution in [1.29, 1.82) is 0 Å². The lowest BCUT2D eigenvalue weighted by Crippen LogP contribution is -2.35. The largest absolute Gasteiger partial charge is 0.486 e. The first kappa shape index (κ1) is 18.5. The van der Waals surface area contributed by atoms with E-state index in [2.05, 4.69) is 0 Å². The number of hydrogen-bond acceptors (Lipinski definition) is 7. The van der Waals surface area contributed by atoms with Crippen molar-refractivity contribution in [3.8, 4) is 11.5 Å². The van der Waals surface area contributed by atoms with Crippen molar-refractivity contribution in [2.24, 2.45) is 0 Å². The minimum Gasteiger partial charge on any atom is -0.486 e. The van der Waals surface area contributed by atoms with Crippen molar-refractivity contribution in [2.45, 2.75) is 4.90 Å². The number of anilines is 1. The number of aliphatic carboxylic acids is 1. The Labute approximate surface area is 153 Å². The summed E-state index contributed by atoms with van der Waals surface area (Å²) in [5, 5.41) is 20.1. The van der Waals surface area contributed by atoms with Gasteiger partial charge in [-0.2, -0.15) is 0 Å². The summed E-state index contributed by atoms with van der Waals surface area (Å²) in [6.45, 7) is -0.323. The molecule has 1 aliphatic rings. The van der Waals surface area contributed by atoms with Gasteiger partial charge in [0.05, 0.1) is 15.5 Å². The van der Waals surface area contributed by atoms with Gasteiger partial charge in [0.1, 0.15) is 19.8 Å². The number of benzene rings is 2. The van der Waals surface area contributed by atoms with Gasteiger partial charge in [-0.1, -0.05) is 6.07 Å². The van der Waals surface area contributed by atoms with Gasteiger partial charge in [0.15, 0.2) is 11.5 Å². The molecule has 27 heavy (non-hydrogen) atoms. The number of ether oxygens (including phenoxy) is 2. The quantitative estimate of drug-likeness (QED) is 0.577. The lowest BCUT2D eigenvalue weighted by molar-refractivity contribution is -0.384. The summed E-state index contributed by atoms with van der Waals surface area (Å²) in [6.07, 6.45) is 0. The Morgan fingerprint density at radius 2 is 1.85 bits per heavy atom. The van der Waals surface area contributed by atoms with Crippen LogP contribution in [0.3, 0.4) is 0 Å². The van der Waals surface area contributed by atoms with Crippen LogP contribution in [0.4, 0.5) is 11.4 Å². The zero-order chi connectivity index (χ0) is 19.6. The molecule has 0 aliphatic carbocycles. The fraction of sp³-hybridized carbons (Fsp3) is 0.188. The molecule has 0 saturated carbocycles. The predicted molar refractivity (Wildman–Crippen MR) is 92.7 cm³/mol. The highest BCUT2D eigenvalue weighted by Crippen LogP contribution is 2.34. The van der Waals surface area contributed by atoms with E-state index in [1.807, 2.05) is 0 Å².